The number of methoxy groups -OCH3 is 1. The molecule has 4 rings (SSSR count). The number of hydrazone groups is 1. The minimum atomic E-state index is -0.512. The third-order valence-electron chi connectivity index (χ3n) is 4.54. The van der Waals surface area contributed by atoms with Gasteiger partial charge in [-0.1, -0.05) is 41.9 Å². The fourth-order valence-corrected chi connectivity index (χ4v) is 4.36. The van der Waals surface area contributed by atoms with E-state index in [2.05, 4.69) is 10.5 Å². The number of carbonyl (C=O) groups excluding carboxylic acids is 2. The van der Waals surface area contributed by atoms with Gasteiger partial charge in [0.25, 0.3) is 5.91 Å². The van der Waals surface area contributed by atoms with Gasteiger partial charge >= 0.3 is 5.97 Å². The van der Waals surface area contributed by atoms with Crippen molar-refractivity contribution in [1.29, 1.82) is 0 Å². The molecule has 0 atom stereocenters. The highest BCUT2D eigenvalue weighted by molar-refractivity contribution is 7.21. The van der Waals surface area contributed by atoms with Gasteiger partial charge in [-0.05, 0) is 48.0 Å². The zero-order valence-electron chi connectivity index (χ0n) is 16.9. The second-order valence-corrected chi connectivity index (χ2v) is 8.03. The van der Waals surface area contributed by atoms with Crippen LogP contribution < -0.4 is 14.9 Å². The van der Waals surface area contributed by atoms with E-state index in [9.17, 15) is 9.59 Å². The van der Waals surface area contributed by atoms with Gasteiger partial charge in [0.15, 0.2) is 0 Å². The Balaban J connectivity index is 1.39. The van der Waals surface area contributed by atoms with Gasteiger partial charge in [0.2, 0.25) is 0 Å². The second-order valence-electron chi connectivity index (χ2n) is 6.60. The number of rotatable bonds is 6. The van der Waals surface area contributed by atoms with E-state index in [-0.39, 0.29) is 5.91 Å². The van der Waals surface area contributed by atoms with Crippen LogP contribution in [0.1, 0.15) is 25.6 Å². The van der Waals surface area contributed by atoms with Crippen molar-refractivity contribution in [2.45, 2.75) is 0 Å². The van der Waals surface area contributed by atoms with Crippen molar-refractivity contribution in [3.05, 3.63) is 93.8 Å². The van der Waals surface area contributed by atoms with E-state index in [4.69, 9.17) is 21.1 Å². The molecule has 1 amide bonds. The first-order valence-corrected chi connectivity index (χ1v) is 10.7. The molecular weight excluding hydrogens is 448 g/mol. The summed E-state index contributed by atoms with van der Waals surface area (Å²) in [6, 6.07) is 21.1. The highest BCUT2D eigenvalue weighted by Crippen LogP contribution is 2.35. The monoisotopic (exact) mass is 464 g/mol. The number of nitrogens with zero attached hydrogens (tertiary/aromatic N) is 1. The van der Waals surface area contributed by atoms with Gasteiger partial charge in [0.1, 0.15) is 16.4 Å². The predicted molar refractivity (Wildman–Crippen MR) is 126 cm³/mol. The van der Waals surface area contributed by atoms with Crippen LogP contribution in [-0.4, -0.2) is 25.2 Å². The molecule has 0 fully saturated rings. The topological polar surface area (TPSA) is 77.0 Å². The molecule has 1 heterocycles. The second kappa shape index (κ2) is 9.64. The van der Waals surface area contributed by atoms with Crippen LogP contribution in [0.4, 0.5) is 0 Å². The van der Waals surface area contributed by atoms with E-state index in [1.54, 1.807) is 48.5 Å². The Morgan fingerprint density at radius 1 is 1.00 bits per heavy atom. The van der Waals surface area contributed by atoms with Gasteiger partial charge in [0, 0.05) is 10.1 Å². The fraction of sp³-hybridized carbons (Fsp3) is 0.0417. The number of amides is 1. The van der Waals surface area contributed by atoms with Crippen LogP contribution in [0.5, 0.6) is 11.5 Å². The number of hydrogen-bond donors (Lipinski definition) is 1. The van der Waals surface area contributed by atoms with E-state index in [1.165, 1.54) is 24.7 Å². The first-order valence-electron chi connectivity index (χ1n) is 9.52. The average Bonchev–Trinajstić information content (AvgIpc) is 3.17. The van der Waals surface area contributed by atoms with E-state index < -0.39 is 5.97 Å². The summed E-state index contributed by atoms with van der Waals surface area (Å²) in [5, 5.41) is 5.18. The number of para-hydroxylation sites is 1. The number of nitrogens with one attached hydrogen (secondary N) is 1. The van der Waals surface area contributed by atoms with E-state index >= 15 is 0 Å². The Kier molecular flexibility index (Phi) is 6.49. The lowest BCUT2D eigenvalue weighted by Crippen LogP contribution is -2.18. The lowest BCUT2D eigenvalue weighted by atomic mass is 10.2. The molecule has 0 aliphatic heterocycles. The fourth-order valence-electron chi connectivity index (χ4n) is 2.98. The summed E-state index contributed by atoms with van der Waals surface area (Å²) in [4.78, 5) is 25.1. The number of halogens is 1. The quantitative estimate of drug-likeness (QED) is 0.176. The Morgan fingerprint density at radius 3 is 2.47 bits per heavy atom. The molecule has 1 N–H and O–H groups in total. The maximum Gasteiger partial charge on any atom is 0.355 e. The van der Waals surface area contributed by atoms with Crippen molar-refractivity contribution in [3.8, 4) is 11.5 Å². The Morgan fingerprint density at radius 2 is 1.72 bits per heavy atom. The molecule has 0 unspecified atom stereocenters. The molecule has 6 nitrogen and oxygen atoms in total. The van der Waals surface area contributed by atoms with Crippen molar-refractivity contribution >= 4 is 51.1 Å². The van der Waals surface area contributed by atoms with Crippen LogP contribution in [0.2, 0.25) is 5.02 Å². The van der Waals surface area contributed by atoms with Crippen molar-refractivity contribution in [3.63, 3.8) is 0 Å². The molecule has 160 valence electrons. The number of carbonyl (C=O) groups is 2. The number of ether oxygens (including phenoxy) is 2. The third kappa shape index (κ3) is 4.64. The SMILES string of the molecule is COc1ccccc1C(=O)NN=Cc1ccc(OC(=O)c2sc3ccccc3c2Cl)cc1. The van der Waals surface area contributed by atoms with E-state index in [0.717, 1.165) is 10.1 Å². The van der Waals surface area contributed by atoms with Gasteiger partial charge in [-0.3, -0.25) is 4.79 Å². The first-order chi connectivity index (χ1) is 15.6. The van der Waals surface area contributed by atoms with Crippen molar-refractivity contribution < 1.29 is 19.1 Å². The molecule has 0 saturated carbocycles. The van der Waals surface area contributed by atoms with Crippen LogP contribution in [0, 0.1) is 0 Å². The molecule has 3 aromatic carbocycles. The maximum absolute atomic E-state index is 12.5. The zero-order chi connectivity index (χ0) is 22.5. The van der Waals surface area contributed by atoms with Crippen LogP contribution in [0.15, 0.2) is 77.9 Å². The lowest BCUT2D eigenvalue weighted by molar-refractivity contribution is 0.0739. The average molecular weight is 465 g/mol. The highest BCUT2D eigenvalue weighted by atomic mass is 35.5. The predicted octanol–water partition coefficient (Wildman–Crippen LogP) is 5.55. The summed E-state index contributed by atoms with van der Waals surface area (Å²) in [6.45, 7) is 0. The summed E-state index contributed by atoms with van der Waals surface area (Å²) in [6.07, 6.45) is 1.49. The van der Waals surface area contributed by atoms with E-state index in [0.29, 0.717) is 32.5 Å². The van der Waals surface area contributed by atoms with Crippen LogP contribution >= 0.6 is 22.9 Å². The first kappa shape index (κ1) is 21.5. The molecular formula is C24H17ClN2O4S. The summed E-state index contributed by atoms with van der Waals surface area (Å²) in [5.41, 5.74) is 3.56. The molecule has 0 saturated heterocycles. The number of hydrogen-bond acceptors (Lipinski definition) is 6. The third-order valence-corrected chi connectivity index (χ3v) is 6.20. The van der Waals surface area contributed by atoms with Gasteiger partial charge in [0.05, 0.1) is 23.9 Å². The zero-order valence-corrected chi connectivity index (χ0v) is 18.4. The van der Waals surface area contributed by atoms with Crippen molar-refractivity contribution in [2.75, 3.05) is 7.11 Å². The van der Waals surface area contributed by atoms with Crippen LogP contribution in [0.25, 0.3) is 10.1 Å². The van der Waals surface area contributed by atoms with Crippen molar-refractivity contribution in [2.24, 2.45) is 5.10 Å². The molecule has 0 aliphatic rings. The highest BCUT2D eigenvalue weighted by Gasteiger charge is 2.19. The molecule has 0 spiro atoms. The number of esters is 1. The molecule has 8 heteroatoms. The molecule has 4 aromatic rings. The van der Waals surface area contributed by atoms with Gasteiger partial charge < -0.3 is 9.47 Å². The summed E-state index contributed by atoms with van der Waals surface area (Å²) < 4.78 is 11.5. The van der Waals surface area contributed by atoms with Crippen molar-refractivity contribution in [1.82, 2.24) is 5.43 Å². The number of benzene rings is 3. The summed E-state index contributed by atoms with van der Waals surface area (Å²) in [5.74, 6) is -0.0602. The summed E-state index contributed by atoms with van der Waals surface area (Å²) in [7, 11) is 1.50. The molecule has 1 aromatic heterocycles. The minimum absolute atomic E-state index is 0.359. The standard InChI is InChI=1S/C24H17ClN2O4S/c1-30-19-8-4-2-6-17(19)23(28)27-26-14-15-10-12-16(13-11-15)31-24(29)22-21(25)18-7-3-5-9-20(18)32-22/h2-14H,1H3,(H,27,28). The Hall–Kier alpha value is -3.68. The molecule has 32 heavy (non-hydrogen) atoms. The van der Waals surface area contributed by atoms with Crippen LogP contribution in [-0.2, 0) is 0 Å². The maximum atomic E-state index is 12.5. The Bertz CT molecular complexity index is 1320. The molecule has 0 radical (unpaired) electrons. The number of thiophene rings is 1. The van der Waals surface area contributed by atoms with Gasteiger partial charge in [-0.15, -0.1) is 11.3 Å². The minimum Gasteiger partial charge on any atom is -0.496 e. The van der Waals surface area contributed by atoms with Gasteiger partial charge in [-0.25, -0.2) is 10.2 Å². The Labute approximate surface area is 193 Å². The molecule has 0 aliphatic carbocycles. The summed E-state index contributed by atoms with van der Waals surface area (Å²) >= 11 is 7.63. The molecule has 0 bridgehead atoms. The largest absolute Gasteiger partial charge is 0.496 e. The van der Waals surface area contributed by atoms with E-state index in [1.807, 2.05) is 24.3 Å². The number of fused-ring (bicyclic) bond motifs is 1. The normalized spacial score (nSPS) is 10.9. The smallest absolute Gasteiger partial charge is 0.355 e. The lowest BCUT2D eigenvalue weighted by Gasteiger charge is -2.06. The van der Waals surface area contributed by atoms with Gasteiger partial charge in [-0.2, -0.15) is 5.10 Å². The van der Waals surface area contributed by atoms with Crippen LogP contribution in [0.3, 0.4) is 0 Å².